The molecule has 0 saturated heterocycles. The molecular weight excluding hydrogens is 470 g/mol. The predicted molar refractivity (Wildman–Crippen MR) is 141 cm³/mol. The van der Waals surface area contributed by atoms with Gasteiger partial charge in [0, 0.05) is 73.7 Å². The zero-order chi connectivity index (χ0) is 25.8. The second-order valence-electron chi connectivity index (χ2n) is 8.32. The van der Waals surface area contributed by atoms with Crippen LogP contribution in [0.1, 0.15) is 5.69 Å². The van der Waals surface area contributed by atoms with Gasteiger partial charge in [-0.2, -0.15) is 5.10 Å². The molecule has 0 aliphatic carbocycles. The number of methoxy groups -OCH3 is 3. The maximum atomic E-state index is 5.54. The van der Waals surface area contributed by atoms with Gasteiger partial charge in [-0.15, -0.1) is 0 Å². The van der Waals surface area contributed by atoms with Crippen molar-refractivity contribution in [2.45, 2.75) is 6.42 Å². The van der Waals surface area contributed by atoms with E-state index in [4.69, 9.17) is 19.2 Å². The first-order valence-corrected chi connectivity index (χ1v) is 11.7. The molecule has 5 rings (SSSR count). The summed E-state index contributed by atoms with van der Waals surface area (Å²) in [4.78, 5) is 20.4. The van der Waals surface area contributed by atoms with Gasteiger partial charge in [0.05, 0.1) is 50.5 Å². The summed E-state index contributed by atoms with van der Waals surface area (Å²) in [7, 11) is 6.75. The number of aryl methyl sites for hydroxylation is 1. The molecule has 0 aliphatic heterocycles. The number of ether oxygens (including phenoxy) is 3. The summed E-state index contributed by atoms with van der Waals surface area (Å²) in [5.41, 5.74) is 5.84. The summed E-state index contributed by atoms with van der Waals surface area (Å²) < 4.78 is 18.2. The smallest absolute Gasteiger partial charge is 0.235 e. The van der Waals surface area contributed by atoms with Crippen LogP contribution in [0.25, 0.3) is 22.3 Å². The molecule has 0 fully saturated rings. The number of benzene rings is 2. The quantitative estimate of drug-likeness (QED) is 0.296. The van der Waals surface area contributed by atoms with Gasteiger partial charge in [-0.05, 0) is 18.2 Å². The van der Waals surface area contributed by atoms with Crippen LogP contribution in [0, 0.1) is 0 Å². The van der Waals surface area contributed by atoms with Gasteiger partial charge in [0.1, 0.15) is 17.2 Å². The fraction of sp³-hybridized carbons (Fsp3) is 0.222. The van der Waals surface area contributed by atoms with E-state index in [2.05, 4.69) is 25.0 Å². The van der Waals surface area contributed by atoms with Crippen molar-refractivity contribution in [1.82, 2.24) is 29.7 Å². The Morgan fingerprint density at radius 3 is 2.30 bits per heavy atom. The van der Waals surface area contributed by atoms with Crippen molar-refractivity contribution in [3.8, 4) is 28.6 Å². The van der Waals surface area contributed by atoms with Crippen LogP contribution in [0.4, 0.5) is 11.4 Å². The Bertz CT molecular complexity index is 1510. The summed E-state index contributed by atoms with van der Waals surface area (Å²) in [6, 6.07) is 11.8. The third-order valence-electron chi connectivity index (χ3n) is 5.99. The van der Waals surface area contributed by atoms with E-state index in [-0.39, 0.29) is 0 Å². The number of rotatable bonds is 9. The summed E-state index contributed by atoms with van der Waals surface area (Å²) in [6.07, 6.45) is 9.35. The Kier molecular flexibility index (Phi) is 6.80. The average molecular weight is 498 g/mol. The van der Waals surface area contributed by atoms with Gasteiger partial charge in [-0.3, -0.25) is 14.6 Å². The summed E-state index contributed by atoms with van der Waals surface area (Å²) in [6.45, 7) is 0.590. The second kappa shape index (κ2) is 10.5. The molecule has 0 atom stereocenters. The number of anilines is 2. The first-order chi connectivity index (χ1) is 18.1. The fourth-order valence-corrected chi connectivity index (χ4v) is 4.13. The van der Waals surface area contributed by atoms with Crippen LogP contribution in [0.2, 0.25) is 0 Å². The molecule has 0 aliphatic rings. The zero-order valence-corrected chi connectivity index (χ0v) is 21.1. The van der Waals surface area contributed by atoms with Crippen molar-refractivity contribution in [2.24, 2.45) is 7.05 Å². The van der Waals surface area contributed by atoms with Gasteiger partial charge in [0.2, 0.25) is 5.88 Å². The van der Waals surface area contributed by atoms with Crippen LogP contribution in [-0.4, -0.2) is 57.6 Å². The van der Waals surface area contributed by atoms with Crippen molar-refractivity contribution >= 4 is 22.4 Å². The normalized spacial score (nSPS) is 10.9. The van der Waals surface area contributed by atoms with E-state index in [1.807, 2.05) is 49.6 Å². The molecule has 0 unspecified atom stereocenters. The van der Waals surface area contributed by atoms with E-state index in [0.717, 1.165) is 39.4 Å². The first kappa shape index (κ1) is 24.0. The lowest BCUT2D eigenvalue weighted by atomic mass is 10.1. The maximum Gasteiger partial charge on any atom is 0.235 e. The van der Waals surface area contributed by atoms with Crippen LogP contribution < -0.4 is 19.1 Å². The van der Waals surface area contributed by atoms with Crippen molar-refractivity contribution in [1.29, 1.82) is 0 Å². The monoisotopic (exact) mass is 497 g/mol. The number of hydrogen-bond acceptors (Lipinski definition) is 9. The number of nitrogens with zero attached hydrogens (tertiary/aromatic N) is 7. The lowest BCUT2D eigenvalue weighted by Crippen LogP contribution is -2.21. The largest absolute Gasteiger partial charge is 0.497 e. The molecule has 3 aromatic heterocycles. The Morgan fingerprint density at radius 2 is 1.59 bits per heavy atom. The van der Waals surface area contributed by atoms with Gasteiger partial charge in [-0.25, -0.2) is 9.97 Å². The van der Waals surface area contributed by atoms with Gasteiger partial charge in [0.25, 0.3) is 0 Å². The molecule has 0 radical (unpaired) electrons. The van der Waals surface area contributed by atoms with Crippen LogP contribution in [0.3, 0.4) is 0 Å². The maximum absolute atomic E-state index is 5.54. The highest BCUT2D eigenvalue weighted by atomic mass is 16.5. The Hall–Kier alpha value is -4.73. The second-order valence-corrected chi connectivity index (χ2v) is 8.32. The topological polar surface area (TPSA) is 100 Å². The summed E-state index contributed by atoms with van der Waals surface area (Å²) in [5, 5.41) is 4.25. The van der Waals surface area contributed by atoms with E-state index in [1.54, 1.807) is 50.8 Å². The van der Waals surface area contributed by atoms with E-state index >= 15 is 0 Å². The van der Waals surface area contributed by atoms with Crippen LogP contribution >= 0.6 is 0 Å². The first-order valence-electron chi connectivity index (χ1n) is 11.7. The Balaban J connectivity index is 1.57. The molecule has 10 nitrogen and oxygen atoms in total. The Labute approximate surface area is 214 Å². The molecule has 0 spiro atoms. The minimum atomic E-state index is 0.510. The SMILES string of the molecule is COc1cc(OC)cc(N(CCc2nccnc2OC)c2ccc3ncc(-c4cnn(C)c4)nc3c2)c1. The summed E-state index contributed by atoms with van der Waals surface area (Å²) in [5.74, 6) is 1.89. The van der Waals surface area contributed by atoms with Crippen LogP contribution in [0.5, 0.6) is 17.4 Å². The molecule has 0 N–H and O–H groups in total. The molecule has 37 heavy (non-hydrogen) atoms. The molecule has 10 heteroatoms. The minimum absolute atomic E-state index is 0.510. The van der Waals surface area contributed by atoms with Crippen molar-refractivity contribution in [3.05, 3.63) is 73.1 Å². The highest BCUT2D eigenvalue weighted by Crippen LogP contribution is 2.34. The minimum Gasteiger partial charge on any atom is -0.497 e. The highest BCUT2D eigenvalue weighted by Gasteiger charge is 2.16. The van der Waals surface area contributed by atoms with E-state index in [9.17, 15) is 0 Å². The van der Waals surface area contributed by atoms with E-state index < -0.39 is 0 Å². The van der Waals surface area contributed by atoms with Gasteiger partial charge in [0.15, 0.2) is 0 Å². The molecular formula is C27H27N7O3. The summed E-state index contributed by atoms with van der Waals surface area (Å²) >= 11 is 0. The van der Waals surface area contributed by atoms with Crippen LogP contribution in [0.15, 0.2) is 67.4 Å². The fourth-order valence-electron chi connectivity index (χ4n) is 4.13. The molecule has 0 amide bonds. The van der Waals surface area contributed by atoms with Crippen molar-refractivity contribution < 1.29 is 14.2 Å². The molecule has 2 aromatic carbocycles. The molecule has 5 aromatic rings. The molecule has 3 heterocycles. The molecule has 0 bridgehead atoms. The predicted octanol–water partition coefficient (Wildman–Crippen LogP) is 4.23. The third-order valence-corrected chi connectivity index (χ3v) is 5.99. The zero-order valence-electron chi connectivity index (χ0n) is 21.1. The van der Waals surface area contributed by atoms with Gasteiger partial charge in [-0.1, -0.05) is 0 Å². The van der Waals surface area contributed by atoms with E-state index in [0.29, 0.717) is 30.3 Å². The number of aromatic nitrogens is 6. The molecule has 0 saturated carbocycles. The lowest BCUT2D eigenvalue weighted by molar-refractivity contribution is 0.389. The van der Waals surface area contributed by atoms with Gasteiger partial charge >= 0.3 is 0 Å². The number of fused-ring (bicyclic) bond motifs is 1. The van der Waals surface area contributed by atoms with Crippen molar-refractivity contribution in [3.63, 3.8) is 0 Å². The Morgan fingerprint density at radius 1 is 0.811 bits per heavy atom. The average Bonchev–Trinajstić information content (AvgIpc) is 3.38. The number of hydrogen-bond donors (Lipinski definition) is 0. The third kappa shape index (κ3) is 5.13. The van der Waals surface area contributed by atoms with Gasteiger partial charge < -0.3 is 19.1 Å². The highest BCUT2D eigenvalue weighted by molar-refractivity contribution is 5.82. The molecule has 188 valence electrons. The van der Waals surface area contributed by atoms with E-state index in [1.165, 1.54) is 0 Å². The standard InChI is InChI=1S/C27H27N7O3/c1-33-17-18(15-31-33)26-16-30-23-6-5-19(13-25(23)32-26)34(10-7-24-27(37-4)29-9-8-28-24)20-11-21(35-2)14-22(12-20)36-3/h5-6,8-9,11-17H,7,10H2,1-4H3. The van der Waals surface area contributed by atoms with Crippen LogP contribution in [-0.2, 0) is 13.5 Å². The lowest BCUT2D eigenvalue weighted by Gasteiger charge is -2.26. The van der Waals surface area contributed by atoms with Crippen molar-refractivity contribution in [2.75, 3.05) is 32.8 Å².